The van der Waals surface area contributed by atoms with Crippen molar-refractivity contribution in [2.75, 3.05) is 0 Å². The van der Waals surface area contributed by atoms with Crippen LogP contribution in [0.4, 0.5) is 0 Å². The lowest BCUT2D eigenvalue weighted by Crippen LogP contribution is -2.29. The predicted molar refractivity (Wildman–Crippen MR) is 54.9 cm³/mol. The first-order chi connectivity index (χ1) is 6.86. The largest absolute Gasteiger partial charge is 0.364 e. The molecule has 1 unspecified atom stereocenters. The van der Waals surface area contributed by atoms with Gasteiger partial charge in [0.1, 0.15) is 6.26 Å². The highest BCUT2D eigenvalue weighted by Gasteiger charge is 2.10. The van der Waals surface area contributed by atoms with Gasteiger partial charge in [-0.05, 0) is 26.2 Å². The number of aryl methyl sites for hydroxylation is 1. The summed E-state index contributed by atoms with van der Waals surface area (Å²) >= 11 is 0. The van der Waals surface area contributed by atoms with Gasteiger partial charge in [0.25, 0.3) is 0 Å². The molecule has 0 radical (unpaired) electrons. The second kappa shape index (κ2) is 4.42. The molecule has 0 saturated heterocycles. The molecule has 1 heterocycles. The molecule has 0 fully saturated rings. The van der Waals surface area contributed by atoms with Gasteiger partial charge < -0.3 is 9.84 Å². The van der Waals surface area contributed by atoms with Crippen LogP contribution in [-0.2, 0) is 6.54 Å². The molecule has 0 aliphatic heterocycles. The smallest absolute Gasteiger partial charge is 0.128 e. The van der Waals surface area contributed by atoms with Crippen LogP contribution >= 0.6 is 0 Å². The number of nitrogens with zero attached hydrogens (tertiary/aromatic N) is 1. The van der Waals surface area contributed by atoms with Gasteiger partial charge in [-0.2, -0.15) is 0 Å². The van der Waals surface area contributed by atoms with E-state index in [0.29, 0.717) is 6.04 Å². The third kappa shape index (κ3) is 2.23. The average molecular weight is 192 g/mol. The first-order valence-corrected chi connectivity index (χ1v) is 5.14. The van der Waals surface area contributed by atoms with Crippen LogP contribution in [0.25, 0.3) is 0 Å². The summed E-state index contributed by atoms with van der Waals surface area (Å²) in [6.07, 6.45) is 9.80. The van der Waals surface area contributed by atoms with Crippen molar-refractivity contribution in [1.29, 1.82) is 0 Å². The fourth-order valence-corrected chi connectivity index (χ4v) is 1.72. The normalized spacial score (nSPS) is 21.4. The Morgan fingerprint density at radius 1 is 1.57 bits per heavy atom. The highest BCUT2D eigenvalue weighted by atomic mass is 16.5. The summed E-state index contributed by atoms with van der Waals surface area (Å²) in [6.45, 7) is 2.84. The molecule has 14 heavy (non-hydrogen) atoms. The van der Waals surface area contributed by atoms with E-state index in [1.165, 1.54) is 18.4 Å². The van der Waals surface area contributed by atoms with Crippen LogP contribution in [0, 0.1) is 6.92 Å². The van der Waals surface area contributed by atoms with E-state index >= 15 is 0 Å². The second-order valence-electron chi connectivity index (χ2n) is 3.79. The molecule has 1 atom stereocenters. The Balaban J connectivity index is 1.82. The zero-order valence-electron chi connectivity index (χ0n) is 8.49. The number of aromatic nitrogens is 1. The van der Waals surface area contributed by atoms with Gasteiger partial charge in [-0.25, -0.2) is 0 Å². The van der Waals surface area contributed by atoms with Gasteiger partial charge in [0.05, 0.1) is 5.69 Å². The standard InChI is InChI=1S/C11H16N2O/c1-9-10(8-14-13-9)7-12-11-5-3-2-4-6-11/h2-3,8,11-12H,4-7H2,1H3. The zero-order chi connectivity index (χ0) is 9.80. The Bertz CT molecular complexity index is 317. The molecular formula is C11H16N2O. The lowest BCUT2D eigenvalue weighted by atomic mass is 10.0. The lowest BCUT2D eigenvalue weighted by molar-refractivity contribution is 0.413. The fraction of sp³-hybridized carbons (Fsp3) is 0.545. The van der Waals surface area contributed by atoms with Gasteiger partial charge in [-0.1, -0.05) is 17.3 Å². The Morgan fingerprint density at radius 2 is 2.50 bits per heavy atom. The Hall–Kier alpha value is -1.09. The summed E-state index contributed by atoms with van der Waals surface area (Å²) in [5, 5.41) is 7.36. The number of hydrogen-bond donors (Lipinski definition) is 1. The summed E-state index contributed by atoms with van der Waals surface area (Å²) in [5.74, 6) is 0. The first kappa shape index (κ1) is 9.46. The van der Waals surface area contributed by atoms with Gasteiger partial charge in [0, 0.05) is 18.2 Å². The van der Waals surface area contributed by atoms with Gasteiger partial charge in [0.15, 0.2) is 0 Å². The summed E-state index contributed by atoms with van der Waals surface area (Å²) in [7, 11) is 0. The van der Waals surface area contributed by atoms with Gasteiger partial charge in [-0.15, -0.1) is 0 Å². The molecule has 0 amide bonds. The monoisotopic (exact) mass is 192 g/mol. The van der Waals surface area contributed by atoms with E-state index < -0.39 is 0 Å². The van der Waals surface area contributed by atoms with Crippen molar-refractivity contribution in [2.24, 2.45) is 0 Å². The SMILES string of the molecule is Cc1nocc1CNC1CC=CCC1. The summed E-state index contributed by atoms with van der Waals surface area (Å²) in [4.78, 5) is 0. The third-order valence-corrected chi connectivity index (χ3v) is 2.70. The third-order valence-electron chi connectivity index (χ3n) is 2.70. The molecule has 3 heteroatoms. The molecule has 1 N–H and O–H groups in total. The molecule has 1 aliphatic carbocycles. The van der Waals surface area contributed by atoms with Crippen molar-refractivity contribution >= 4 is 0 Å². The van der Waals surface area contributed by atoms with Crippen LogP contribution < -0.4 is 5.32 Å². The number of rotatable bonds is 3. The lowest BCUT2D eigenvalue weighted by Gasteiger charge is -2.18. The highest BCUT2D eigenvalue weighted by molar-refractivity contribution is 5.12. The van der Waals surface area contributed by atoms with Crippen LogP contribution in [0.15, 0.2) is 22.9 Å². The average Bonchev–Trinajstić information content (AvgIpc) is 2.63. The molecule has 2 rings (SSSR count). The maximum absolute atomic E-state index is 4.88. The molecule has 0 spiro atoms. The molecule has 1 aliphatic rings. The molecule has 0 saturated carbocycles. The summed E-state index contributed by atoms with van der Waals surface area (Å²) < 4.78 is 4.88. The molecule has 0 bridgehead atoms. The van der Waals surface area contributed by atoms with Crippen molar-refractivity contribution in [3.63, 3.8) is 0 Å². The maximum Gasteiger partial charge on any atom is 0.128 e. The van der Waals surface area contributed by atoms with Gasteiger partial charge >= 0.3 is 0 Å². The zero-order valence-corrected chi connectivity index (χ0v) is 8.49. The van der Waals surface area contributed by atoms with E-state index in [-0.39, 0.29) is 0 Å². The van der Waals surface area contributed by atoms with Crippen molar-refractivity contribution < 1.29 is 4.52 Å². The molecule has 1 aromatic heterocycles. The first-order valence-electron chi connectivity index (χ1n) is 5.14. The van der Waals surface area contributed by atoms with E-state index in [1.54, 1.807) is 6.26 Å². The Morgan fingerprint density at radius 3 is 3.14 bits per heavy atom. The Labute approximate surface area is 84.2 Å². The van der Waals surface area contributed by atoms with Gasteiger partial charge in [0.2, 0.25) is 0 Å². The Kier molecular flexibility index (Phi) is 2.99. The van der Waals surface area contributed by atoms with Crippen molar-refractivity contribution in [3.05, 3.63) is 29.7 Å². The minimum atomic E-state index is 0.620. The molecule has 3 nitrogen and oxygen atoms in total. The predicted octanol–water partition coefficient (Wildman–Crippen LogP) is 2.18. The number of allylic oxidation sites excluding steroid dienone is 1. The minimum Gasteiger partial charge on any atom is -0.364 e. The van der Waals surface area contributed by atoms with E-state index in [4.69, 9.17) is 4.52 Å². The van der Waals surface area contributed by atoms with Crippen LogP contribution in [0.5, 0.6) is 0 Å². The quantitative estimate of drug-likeness (QED) is 0.746. The van der Waals surface area contributed by atoms with Crippen LogP contribution in [-0.4, -0.2) is 11.2 Å². The van der Waals surface area contributed by atoms with Crippen molar-refractivity contribution in [1.82, 2.24) is 10.5 Å². The van der Waals surface area contributed by atoms with Crippen molar-refractivity contribution in [2.45, 2.75) is 38.8 Å². The number of nitrogens with one attached hydrogen (secondary N) is 1. The highest BCUT2D eigenvalue weighted by Crippen LogP contribution is 2.12. The van der Waals surface area contributed by atoms with Gasteiger partial charge in [-0.3, -0.25) is 0 Å². The van der Waals surface area contributed by atoms with Crippen LogP contribution in [0.3, 0.4) is 0 Å². The van der Waals surface area contributed by atoms with E-state index in [2.05, 4.69) is 22.6 Å². The molecule has 1 aromatic rings. The van der Waals surface area contributed by atoms with Crippen LogP contribution in [0.1, 0.15) is 30.5 Å². The van der Waals surface area contributed by atoms with Crippen molar-refractivity contribution in [3.8, 4) is 0 Å². The maximum atomic E-state index is 4.88. The summed E-state index contributed by atoms with van der Waals surface area (Å²) in [6, 6.07) is 0.620. The molecule has 0 aromatic carbocycles. The molecule has 76 valence electrons. The summed E-state index contributed by atoms with van der Waals surface area (Å²) in [5.41, 5.74) is 2.16. The topological polar surface area (TPSA) is 38.1 Å². The van der Waals surface area contributed by atoms with E-state index in [0.717, 1.165) is 18.7 Å². The van der Waals surface area contributed by atoms with E-state index in [1.807, 2.05) is 6.92 Å². The minimum absolute atomic E-state index is 0.620. The number of hydrogen-bond acceptors (Lipinski definition) is 3. The van der Waals surface area contributed by atoms with E-state index in [9.17, 15) is 0 Å². The molecular weight excluding hydrogens is 176 g/mol. The second-order valence-corrected chi connectivity index (χ2v) is 3.79. The fourth-order valence-electron chi connectivity index (χ4n) is 1.72. The van der Waals surface area contributed by atoms with Crippen LogP contribution in [0.2, 0.25) is 0 Å².